The number of methoxy groups -OCH3 is 1. The number of hydrogen-bond donors (Lipinski definition) is 1. The largest absolute Gasteiger partial charge is 0.465 e. The Morgan fingerprint density at radius 2 is 2.40 bits per heavy atom. The zero-order chi connectivity index (χ0) is 10.7. The van der Waals surface area contributed by atoms with Crippen molar-refractivity contribution < 1.29 is 9.53 Å². The molecule has 1 heterocycles. The van der Waals surface area contributed by atoms with Gasteiger partial charge in [-0.3, -0.25) is 4.98 Å². The Bertz CT molecular complexity index is 361. The van der Waals surface area contributed by atoms with Crippen molar-refractivity contribution in [2.24, 2.45) is 5.92 Å². The normalized spacial score (nSPS) is 14.7. The molecule has 1 saturated carbocycles. The molecule has 0 amide bonds. The van der Waals surface area contributed by atoms with E-state index < -0.39 is 0 Å². The van der Waals surface area contributed by atoms with Crippen LogP contribution in [0.15, 0.2) is 18.5 Å². The first-order valence-electron chi connectivity index (χ1n) is 5.07. The summed E-state index contributed by atoms with van der Waals surface area (Å²) in [5.74, 6) is 0.448. The third kappa shape index (κ3) is 2.68. The van der Waals surface area contributed by atoms with Crippen LogP contribution in [-0.4, -0.2) is 24.6 Å². The number of esters is 1. The van der Waals surface area contributed by atoms with Gasteiger partial charge in [0.1, 0.15) is 0 Å². The predicted octanol–water partition coefficient (Wildman–Crippen LogP) is 1.69. The Morgan fingerprint density at radius 1 is 1.60 bits per heavy atom. The van der Waals surface area contributed by atoms with Crippen molar-refractivity contribution in [3.63, 3.8) is 0 Å². The second-order valence-electron chi connectivity index (χ2n) is 3.78. The van der Waals surface area contributed by atoms with E-state index in [-0.39, 0.29) is 5.97 Å². The van der Waals surface area contributed by atoms with E-state index in [2.05, 4.69) is 15.0 Å². The highest BCUT2D eigenvalue weighted by atomic mass is 16.5. The first-order chi connectivity index (χ1) is 7.29. The molecule has 80 valence electrons. The number of nitrogens with zero attached hydrogens (tertiary/aromatic N) is 1. The monoisotopic (exact) mass is 206 g/mol. The van der Waals surface area contributed by atoms with Crippen LogP contribution in [0.25, 0.3) is 0 Å². The lowest BCUT2D eigenvalue weighted by Gasteiger charge is -2.05. The smallest absolute Gasteiger partial charge is 0.339 e. The highest BCUT2D eigenvalue weighted by Crippen LogP contribution is 2.28. The molecule has 0 unspecified atom stereocenters. The SMILES string of the molecule is COC(=O)c1cncc(NCC2CC2)c1. The van der Waals surface area contributed by atoms with E-state index in [0.29, 0.717) is 5.56 Å². The molecule has 0 aromatic carbocycles. The average molecular weight is 206 g/mol. The lowest BCUT2D eigenvalue weighted by Crippen LogP contribution is -2.06. The van der Waals surface area contributed by atoms with E-state index in [1.54, 1.807) is 12.3 Å². The number of ether oxygens (including phenoxy) is 1. The Labute approximate surface area is 88.7 Å². The molecule has 1 N–H and O–H groups in total. The molecule has 0 radical (unpaired) electrons. The van der Waals surface area contributed by atoms with Crippen LogP contribution in [-0.2, 0) is 4.74 Å². The van der Waals surface area contributed by atoms with Gasteiger partial charge < -0.3 is 10.1 Å². The number of nitrogens with one attached hydrogen (secondary N) is 1. The Kier molecular flexibility index (Phi) is 2.85. The van der Waals surface area contributed by atoms with Gasteiger partial charge in [0.15, 0.2) is 0 Å². The van der Waals surface area contributed by atoms with E-state index >= 15 is 0 Å². The maximum atomic E-state index is 11.2. The highest BCUT2D eigenvalue weighted by molar-refractivity contribution is 5.89. The highest BCUT2D eigenvalue weighted by Gasteiger charge is 2.20. The summed E-state index contributed by atoms with van der Waals surface area (Å²) in [6.07, 6.45) is 5.83. The summed E-state index contributed by atoms with van der Waals surface area (Å²) < 4.78 is 4.62. The van der Waals surface area contributed by atoms with Gasteiger partial charge in [-0.05, 0) is 24.8 Å². The summed E-state index contributed by atoms with van der Waals surface area (Å²) in [4.78, 5) is 15.2. The Morgan fingerprint density at radius 3 is 3.07 bits per heavy atom. The minimum absolute atomic E-state index is 0.349. The number of carbonyl (C=O) groups is 1. The van der Waals surface area contributed by atoms with Gasteiger partial charge in [-0.25, -0.2) is 4.79 Å². The van der Waals surface area contributed by atoms with Crippen molar-refractivity contribution in [2.45, 2.75) is 12.8 Å². The van der Waals surface area contributed by atoms with Gasteiger partial charge in [0.2, 0.25) is 0 Å². The van der Waals surface area contributed by atoms with Crippen LogP contribution in [0.2, 0.25) is 0 Å². The average Bonchev–Trinajstić information content (AvgIpc) is 3.09. The Balaban J connectivity index is 2.00. The quantitative estimate of drug-likeness (QED) is 0.762. The topological polar surface area (TPSA) is 51.2 Å². The van der Waals surface area contributed by atoms with E-state index in [1.165, 1.54) is 26.1 Å². The van der Waals surface area contributed by atoms with Crippen LogP contribution in [0.5, 0.6) is 0 Å². The molecule has 4 nitrogen and oxygen atoms in total. The third-order valence-electron chi connectivity index (χ3n) is 2.45. The Hall–Kier alpha value is -1.58. The van der Waals surface area contributed by atoms with Crippen LogP contribution >= 0.6 is 0 Å². The molecule has 0 aliphatic heterocycles. The van der Waals surface area contributed by atoms with Crippen molar-refractivity contribution in [3.05, 3.63) is 24.0 Å². The maximum Gasteiger partial charge on any atom is 0.339 e. The van der Waals surface area contributed by atoms with Crippen LogP contribution in [0, 0.1) is 5.92 Å². The van der Waals surface area contributed by atoms with E-state index in [0.717, 1.165) is 18.2 Å². The lowest BCUT2D eigenvalue weighted by molar-refractivity contribution is 0.0600. The third-order valence-corrected chi connectivity index (χ3v) is 2.45. The molecule has 2 rings (SSSR count). The summed E-state index contributed by atoms with van der Waals surface area (Å²) in [5, 5.41) is 3.26. The summed E-state index contributed by atoms with van der Waals surface area (Å²) in [6.45, 7) is 0.965. The molecular weight excluding hydrogens is 192 g/mol. The number of carbonyl (C=O) groups excluding carboxylic acids is 1. The number of aromatic nitrogens is 1. The summed E-state index contributed by atoms with van der Waals surface area (Å²) in [6, 6.07) is 1.77. The van der Waals surface area contributed by atoms with Crippen LogP contribution < -0.4 is 5.32 Å². The van der Waals surface area contributed by atoms with Crippen molar-refractivity contribution >= 4 is 11.7 Å². The van der Waals surface area contributed by atoms with Gasteiger partial charge in [0.25, 0.3) is 0 Å². The van der Waals surface area contributed by atoms with Crippen LogP contribution in [0.3, 0.4) is 0 Å². The summed E-state index contributed by atoms with van der Waals surface area (Å²) in [5.41, 5.74) is 1.36. The second-order valence-corrected chi connectivity index (χ2v) is 3.78. The maximum absolute atomic E-state index is 11.2. The van der Waals surface area contributed by atoms with Gasteiger partial charge in [-0.1, -0.05) is 0 Å². The lowest BCUT2D eigenvalue weighted by atomic mass is 10.2. The molecule has 0 saturated heterocycles. The molecule has 1 aromatic heterocycles. The first kappa shape index (κ1) is 9.96. The minimum atomic E-state index is -0.349. The van der Waals surface area contributed by atoms with Gasteiger partial charge in [0, 0.05) is 18.9 Å². The zero-order valence-corrected chi connectivity index (χ0v) is 8.69. The molecule has 1 aromatic rings. The van der Waals surface area contributed by atoms with Crippen LogP contribution in [0.4, 0.5) is 5.69 Å². The zero-order valence-electron chi connectivity index (χ0n) is 8.69. The van der Waals surface area contributed by atoms with Crippen molar-refractivity contribution in [2.75, 3.05) is 19.0 Å². The van der Waals surface area contributed by atoms with Gasteiger partial charge >= 0.3 is 5.97 Å². The number of anilines is 1. The number of hydrogen-bond acceptors (Lipinski definition) is 4. The summed E-state index contributed by atoms with van der Waals surface area (Å²) in [7, 11) is 1.37. The second kappa shape index (κ2) is 4.29. The van der Waals surface area contributed by atoms with E-state index in [1.807, 2.05) is 0 Å². The van der Waals surface area contributed by atoms with Crippen molar-refractivity contribution in [1.29, 1.82) is 0 Å². The van der Waals surface area contributed by atoms with Crippen molar-refractivity contribution in [1.82, 2.24) is 4.98 Å². The van der Waals surface area contributed by atoms with Crippen LogP contribution in [0.1, 0.15) is 23.2 Å². The first-order valence-corrected chi connectivity index (χ1v) is 5.07. The molecule has 4 heteroatoms. The standard InChI is InChI=1S/C11H14N2O2/c1-15-11(14)9-4-10(7-12-6-9)13-5-8-2-3-8/h4,6-8,13H,2-3,5H2,1H3. The van der Waals surface area contributed by atoms with Gasteiger partial charge in [-0.15, -0.1) is 0 Å². The van der Waals surface area contributed by atoms with Gasteiger partial charge in [0.05, 0.1) is 18.4 Å². The number of rotatable bonds is 4. The summed E-state index contributed by atoms with van der Waals surface area (Å²) >= 11 is 0. The fourth-order valence-corrected chi connectivity index (χ4v) is 1.35. The molecule has 1 aliphatic rings. The molecular formula is C11H14N2O2. The van der Waals surface area contributed by atoms with Crippen molar-refractivity contribution in [3.8, 4) is 0 Å². The molecule has 0 atom stereocenters. The molecule has 0 spiro atoms. The fourth-order valence-electron chi connectivity index (χ4n) is 1.35. The van der Waals surface area contributed by atoms with E-state index in [9.17, 15) is 4.79 Å². The molecule has 15 heavy (non-hydrogen) atoms. The predicted molar refractivity (Wildman–Crippen MR) is 56.8 cm³/mol. The molecule has 1 fully saturated rings. The molecule has 1 aliphatic carbocycles. The van der Waals surface area contributed by atoms with E-state index in [4.69, 9.17) is 0 Å². The minimum Gasteiger partial charge on any atom is -0.465 e. The molecule has 0 bridgehead atoms. The van der Waals surface area contributed by atoms with Gasteiger partial charge in [-0.2, -0.15) is 0 Å². The number of pyridine rings is 1. The fraction of sp³-hybridized carbons (Fsp3) is 0.455.